The Kier molecular flexibility index (Phi) is 5.84. The molecule has 0 radical (unpaired) electrons. The van der Waals surface area contributed by atoms with Crippen LogP contribution < -0.4 is 14.4 Å². The summed E-state index contributed by atoms with van der Waals surface area (Å²) in [5.74, 6) is 1.02. The van der Waals surface area contributed by atoms with Crippen LogP contribution in [0.1, 0.15) is 11.1 Å². The van der Waals surface area contributed by atoms with Crippen LogP contribution in [-0.2, 0) is 11.3 Å². The van der Waals surface area contributed by atoms with Gasteiger partial charge in [-0.25, -0.2) is 0 Å². The van der Waals surface area contributed by atoms with Gasteiger partial charge in [0.25, 0.3) is 0 Å². The molecule has 5 heteroatoms. The molecule has 0 aromatic heterocycles. The van der Waals surface area contributed by atoms with Crippen molar-refractivity contribution in [3.8, 4) is 17.2 Å². The molecule has 2 aromatic rings. The van der Waals surface area contributed by atoms with Crippen LogP contribution in [0.25, 0.3) is 0 Å². The van der Waals surface area contributed by atoms with Gasteiger partial charge in [0.05, 0.1) is 19.3 Å². The van der Waals surface area contributed by atoms with Crippen molar-refractivity contribution < 1.29 is 19.4 Å². The second-order valence-corrected chi connectivity index (χ2v) is 5.31. The summed E-state index contributed by atoms with van der Waals surface area (Å²) in [4.78, 5) is 13.1. The summed E-state index contributed by atoms with van der Waals surface area (Å²) in [6.45, 7) is 6.13. The lowest BCUT2D eigenvalue weighted by Gasteiger charge is -2.21. The summed E-state index contributed by atoms with van der Waals surface area (Å²) in [6.07, 6.45) is 2.35. The molecule has 0 bridgehead atoms. The van der Waals surface area contributed by atoms with E-state index in [2.05, 4.69) is 6.58 Å². The molecular weight excluding hydrogens is 306 g/mol. The van der Waals surface area contributed by atoms with Gasteiger partial charge in [0.15, 0.2) is 11.5 Å². The molecule has 0 saturated heterocycles. The van der Waals surface area contributed by atoms with Crippen molar-refractivity contribution in [2.24, 2.45) is 0 Å². The first-order chi connectivity index (χ1) is 11.6. The van der Waals surface area contributed by atoms with Crippen LogP contribution in [0.5, 0.6) is 17.2 Å². The number of rotatable bonds is 8. The molecule has 1 N–H and O–H groups in total. The van der Waals surface area contributed by atoms with Crippen molar-refractivity contribution in [1.82, 2.24) is 0 Å². The topological polar surface area (TPSA) is 59.0 Å². The van der Waals surface area contributed by atoms with Crippen LogP contribution in [0.3, 0.4) is 0 Å². The maximum Gasteiger partial charge on any atom is 0.214 e. The van der Waals surface area contributed by atoms with E-state index in [9.17, 15) is 9.90 Å². The number of nitrogens with zero attached hydrogens (tertiary/aromatic N) is 1. The number of methoxy groups -OCH3 is 1. The van der Waals surface area contributed by atoms with Crippen molar-refractivity contribution in [3.05, 3.63) is 60.2 Å². The predicted octanol–water partition coefficient (Wildman–Crippen LogP) is 3.44. The van der Waals surface area contributed by atoms with E-state index in [0.717, 1.165) is 17.5 Å². The fraction of sp³-hybridized carbons (Fsp3) is 0.211. The number of amides is 1. The van der Waals surface area contributed by atoms with E-state index in [-0.39, 0.29) is 5.75 Å². The Balaban J connectivity index is 2.25. The SMILES string of the molecule is C=CCOc1ccc(CN(C=O)c2cc(C)ccc2OC)cc1O. The number of phenolic OH excluding ortho intramolecular Hbond substituents is 1. The number of carbonyl (C=O) groups excluding carboxylic acids is 1. The smallest absolute Gasteiger partial charge is 0.214 e. The number of hydrogen-bond acceptors (Lipinski definition) is 4. The van der Waals surface area contributed by atoms with E-state index in [4.69, 9.17) is 9.47 Å². The van der Waals surface area contributed by atoms with Crippen molar-refractivity contribution in [2.45, 2.75) is 13.5 Å². The zero-order valence-electron chi connectivity index (χ0n) is 13.9. The molecule has 0 aliphatic carbocycles. The third-order valence-electron chi connectivity index (χ3n) is 3.50. The van der Waals surface area contributed by atoms with Crippen molar-refractivity contribution in [2.75, 3.05) is 18.6 Å². The van der Waals surface area contributed by atoms with Gasteiger partial charge in [0, 0.05) is 0 Å². The molecule has 0 unspecified atom stereocenters. The van der Waals surface area contributed by atoms with E-state index in [0.29, 0.717) is 30.3 Å². The van der Waals surface area contributed by atoms with E-state index in [1.54, 1.807) is 31.4 Å². The maximum atomic E-state index is 11.6. The number of carbonyl (C=O) groups is 1. The monoisotopic (exact) mass is 327 g/mol. The van der Waals surface area contributed by atoms with Gasteiger partial charge in [-0.3, -0.25) is 4.79 Å². The molecule has 0 aliphatic rings. The lowest BCUT2D eigenvalue weighted by atomic mass is 10.1. The van der Waals surface area contributed by atoms with Crippen molar-refractivity contribution in [1.29, 1.82) is 0 Å². The number of hydrogen-bond donors (Lipinski definition) is 1. The van der Waals surface area contributed by atoms with Crippen molar-refractivity contribution >= 4 is 12.1 Å². The van der Waals surface area contributed by atoms with Gasteiger partial charge < -0.3 is 19.5 Å². The largest absolute Gasteiger partial charge is 0.504 e. The zero-order chi connectivity index (χ0) is 17.5. The van der Waals surface area contributed by atoms with E-state index >= 15 is 0 Å². The van der Waals surface area contributed by atoms with Crippen LogP contribution in [0, 0.1) is 6.92 Å². The molecule has 0 saturated carbocycles. The highest BCUT2D eigenvalue weighted by Crippen LogP contribution is 2.31. The summed E-state index contributed by atoms with van der Waals surface area (Å²) < 4.78 is 10.7. The fourth-order valence-corrected chi connectivity index (χ4v) is 2.33. The highest BCUT2D eigenvalue weighted by molar-refractivity contribution is 5.79. The second kappa shape index (κ2) is 8.06. The summed E-state index contributed by atoms with van der Waals surface area (Å²) in [7, 11) is 1.56. The first kappa shape index (κ1) is 17.4. The lowest BCUT2D eigenvalue weighted by molar-refractivity contribution is -0.107. The van der Waals surface area contributed by atoms with Crippen LogP contribution in [0.15, 0.2) is 49.1 Å². The van der Waals surface area contributed by atoms with Gasteiger partial charge in [-0.15, -0.1) is 0 Å². The summed E-state index contributed by atoms with van der Waals surface area (Å²) in [6, 6.07) is 10.7. The summed E-state index contributed by atoms with van der Waals surface area (Å²) >= 11 is 0. The molecule has 126 valence electrons. The zero-order valence-corrected chi connectivity index (χ0v) is 13.9. The standard InChI is InChI=1S/C19H21NO4/c1-4-9-24-19-8-6-15(11-17(19)22)12-20(13-21)16-10-14(2)5-7-18(16)23-3/h4-8,10-11,13,22H,1,9,12H2,2-3H3. The first-order valence-corrected chi connectivity index (χ1v) is 7.51. The molecule has 1 amide bonds. The van der Waals surface area contributed by atoms with Gasteiger partial charge in [0.2, 0.25) is 6.41 Å². The van der Waals surface area contributed by atoms with Crippen LogP contribution in [-0.4, -0.2) is 25.2 Å². The third kappa shape index (κ3) is 4.07. The Morgan fingerprint density at radius 3 is 2.58 bits per heavy atom. The van der Waals surface area contributed by atoms with Crippen LogP contribution in [0.4, 0.5) is 5.69 Å². The Morgan fingerprint density at radius 1 is 1.21 bits per heavy atom. The average molecular weight is 327 g/mol. The molecule has 0 fully saturated rings. The van der Waals surface area contributed by atoms with Crippen LogP contribution >= 0.6 is 0 Å². The molecule has 0 spiro atoms. The minimum Gasteiger partial charge on any atom is -0.504 e. The maximum absolute atomic E-state index is 11.6. The molecule has 0 aliphatic heterocycles. The quantitative estimate of drug-likeness (QED) is 0.596. The Morgan fingerprint density at radius 2 is 1.96 bits per heavy atom. The van der Waals surface area contributed by atoms with Gasteiger partial charge in [-0.1, -0.05) is 24.8 Å². The van der Waals surface area contributed by atoms with E-state index in [1.807, 2.05) is 25.1 Å². The minimum atomic E-state index is 0.0245. The predicted molar refractivity (Wildman–Crippen MR) is 93.8 cm³/mol. The first-order valence-electron chi connectivity index (χ1n) is 7.51. The van der Waals surface area contributed by atoms with Crippen LogP contribution in [0.2, 0.25) is 0 Å². The number of phenols is 1. The lowest BCUT2D eigenvalue weighted by Crippen LogP contribution is -2.21. The van der Waals surface area contributed by atoms with Crippen molar-refractivity contribution in [3.63, 3.8) is 0 Å². The number of ether oxygens (including phenoxy) is 2. The highest BCUT2D eigenvalue weighted by Gasteiger charge is 2.13. The number of aryl methyl sites for hydroxylation is 1. The van der Waals surface area contributed by atoms with Gasteiger partial charge in [-0.05, 0) is 42.3 Å². The number of anilines is 1. The molecule has 0 atom stereocenters. The summed E-state index contributed by atoms with van der Waals surface area (Å²) in [5, 5.41) is 10.0. The Hall–Kier alpha value is -2.95. The molecular formula is C19H21NO4. The highest BCUT2D eigenvalue weighted by atomic mass is 16.5. The fourth-order valence-electron chi connectivity index (χ4n) is 2.33. The summed E-state index contributed by atoms with van der Waals surface area (Å²) in [5.41, 5.74) is 2.47. The van der Waals surface area contributed by atoms with Gasteiger partial charge in [0.1, 0.15) is 12.4 Å². The number of aromatic hydroxyl groups is 1. The normalized spacial score (nSPS) is 10.1. The molecule has 2 aromatic carbocycles. The average Bonchev–Trinajstić information content (AvgIpc) is 2.59. The third-order valence-corrected chi connectivity index (χ3v) is 3.50. The van der Waals surface area contributed by atoms with E-state index < -0.39 is 0 Å². The molecule has 5 nitrogen and oxygen atoms in total. The molecule has 2 rings (SSSR count). The van der Waals surface area contributed by atoms with Gasteiger partial charge >= 0.3 is 0 Å². The second-order valence-electron chi connectivity index (χ2n) is 5.31. The Bertz CT molecular complexity index is 727. The molecule has 24 heavy (non-hydrogen) atoms. The number of benzene rings is 2. The van der Waals surface area contributed by atoms with Gasteiger partial charge in [-0.2, -0.15) is 0 Å². The van der Waals surface area contributed by atoms with E-state index in [1.165, 1.54) is 4.90 Å². The minimum absolute atomic E-state index is 0.0245. The Labute approximate surface area is 141 Å². The molecule has 0 heterocycles.